The lowest BCUT2D eigenvalue weighted by molar-refractivity contribution is -0.122. The van der Waals surface area contributed by atoms with Gasteiger partial charge in [-0.05, 0) is 43.3 Å². The van der Waals surface area contributed by atoms with E-state index in [-0.39, 0.29) is 24.2 Å². The van der Waals surface area contributed by atoms with Crippen molar-refractivity contribution in [1.82, 2.24) is 0 Å². The summed E-state index contributed by atoms with van der Waals surface area (Å²) in [5.74, 6) is -0.601. The van der Waals surface area contributed by atoms with E-state index in [1.54, 1.807) is 29.2 Å². The Morgan fingerprint density at radius 3 is 2.46 bits per heavy atom. The molecule has 2 amide bonds. The van der Waals surface area contributed by atoms with E-state index in [1.807, 2.05) is 37.3 Å². The SMILES string of the molecule is Cc1ccc(N2CC(C(=O)Nc3ccc(C#N)cc3)CC2=O)cc1. The van der Waals surface area contributed by atoms with Crippen molar-refractivity contribution in [3.8, 4) is 6.07 Å². The molecule has 0 radical (unpaired) electrons. The second-order valence-electron chi connectivity index (χ2n) is 5.92. The van der Waals surface area contributed by atoms with Gasteiger partial charge in [0.25, 0.3) is 0 Å². The summed E-state index contributed by atoms with van der Waals surface area (Å²) in [6, 6.07) is 16.4. The van der Waals surface area contributed by atoms with Crippen LogP contribution in [0.25, 0.3) is 0 Å². The molecule has 1 fully saturated rings. The molecule has 0 spiro atoms. The van der Waals surface area contributed by atoms with Crippen molar-refractivity contribution in [2.75, 3.05) is 16.8 Å². The number of carbonyl (C=O) groups is 2. The highest BCUT2D eigenvalue weighted by Crippen LogP contribution is 2.26. The molecule has 1 aliphatic heterocycles. The van der Waals surface area contributed by atoms with Gasteiger partial charge < -0.3 is 10.2 Å². The standard InChI is InChI=1S/C19H17N3O2/c1-13-2-8-17(9-3-13)22-12-15(10-18(22)23)19(24)21-16-6-4-14(11-20)5-7-16/h2-9,15H,10,12H2,1H3,(H,21,24). The van der Waals surface area contributed by atoms with Gasteiger partial charge in [-0.25, -0.2) is 0 Å². The van der Waals surface area contributed by atoms with Gasteiger partial charge >= 0.3 is 0 Å². The van der Waals surface area contributed by atoms with Crippen LogP contribution in [0.2, 0.25) is 0 Å². The molecule has 1 heterocycles. The van der Waals surface area contributed by atoms with Crippen LogP contribution < -0.4 is 10.2 Å². The van der Waals surface area contributed by atoms with Crippen molar-refractivity contribution in [2.45, 2.75) is 13.3 Å². The first-order valence-corrected chi connectivity index (χ1v) is 7.75. The number of aryl methyl sites for hydroxylation is 1. The smallest absolute Gasteiger partial charge is 0.229 e. The minimum absolute atomic E-state index is 0.0427. The number of carbonyl (C=O) groups excluding carboxylic acids is 2. The van der Waals surface area contributed by atoms with E-state index in [0.717, 1.165) is 11.3 Å². The quantitative estimate of drug-likeness (QED) is 0.945. The highest BCUT2D eigenvalue weighted by Gasteiger charge is 2.35. The molecule has 0 saturated carbocycles. The first-order chi connectivity index (χ1) is 11.6. The van der Waals surface area contributed by atoms with Crippen LogP contribution in [0.3, 0.4) is 0 Å². The monoisotopic (exact) mass is 319 g/mol. The van der Waals surface area contributed by atoms with Gasteiger partial charge in [-0.2, -0.15) is 5.26 Å². The van der Waals surface area contributed by atoms with E-state index in [2.05, 4.69) is 5.32 Å². The number of rotatable bonds is 3. The van der Waals surface area contributed by atoms with Crippen LogP contribution in [0.15, 0.2) is 48.5 Å². The summed E-state index contributed by atoms with van der Waals surface area (Å²) in [6.07, 6.45) is 0.204. The number of nitrogens with one attached hydrogen (secondary N) is 1. The average Bonchev–Trinajstić information content (AvgIpc) is 2.98. The van der Waals surface area contributed by atoms with Gasteiger partial charge in [0.05, 0.1) is 17.6 Å². The van der Waals surface area contributed by atoms with Crippen LogP contribution in [0, 0.1) is 24.2 Å². The minimum atomic E-state index is -0.380. The molecule has 0 bridgehead atoms. The molecule has 1 unspecified atom stereocenters. The Bertz CT molecular complexity index is 804. The summed E-state index contributed by atoms with van der Waals surface area (Å²) in [5, 5.41) is 11.6. The fourth-order valence-corrected chi connectivity index (χ4v) is 2.73. The molecule has 24 heavy (non-hydrogen) atoms. The number of anilines is 2. The van der Waals surface area contributed by atoms with Crippen molar-refractivity contribution >= 4 is 23.2 Å². The average molecular weight is 319 g/mol. The molecule has 5 nitrogen and oxygen atoms in total. The van der Waals surface area contributed by atoms with E-state index in [1.165, 1.54) is 0 Å². The highest BCUT2D eigenvalue weighted by atomic mass is 16.2. The Hall–Kier alpha value is -3.13. The van der Waals surface area contributed by atoms with E-state index >= 15 is 0 Å². The maximum Gasteiger partial charge on any atom is 0.229 e. The molecule has 0 aromatic heterocycles. The van der Waals surface area contributed by atoms with E-state index in [0.29, 0.717) is 17.8 Å². The van der Waals surface area contributed by atoms with Crippen LogP contribution in [0.5, 0.6) is 0 Å². The highest BCUT2D eigenvalue weighted by molar-refractivity contribution is 6.03. The number of hydrogen-bond acceptors (Lipinski definition) is 3. The van der Waals surface area contributed by atoms with E-state index in [4.69, 9.17) is 5.26 Å². The molecule has 120 valence electrons. The molecule has 1 atom stereocenters. The number of nitrogens with zero attached hydrogens (tertiary/aromatic N) is 2. The van der Waals surface area contributed by atoms with E-state index < -0.39 is 0 Å². The Kier molecular flexibility index (Phi) is 4.30. The fraction of sp³-hybridized carbons (Fsp3) is 0.211. The summed E-state index contributed by atoms with van der Waals surface area (Å²) in [6.45, 7) is 2.37. The molecule has 1 N–H and O–H groups in total. The van der Waals surface area contributed by atoms with Crippen LogP contribution in [0.1, 0.15) is 17.5 Å². The zero-order valence-electron chi connectivity index (χ0n) is 13.3. The van der Waals surface area contributed by atoms with Gasteiger partial charge in [0.2, 0.25) is 11.8 Å². The predicted molar refractivity (Wildman–Crippen MR) is 91.4 cm³/mol. The molecular weight excluding hydrogens is 302 g/mol. The molecule has 2 aromatic carbocycles. The Morgan fingerprint density at radius 1 is 1.17 bits per heavy atom. The third-order valence-corrected chi connectivity index (χ3v) is 4.12. The van der Waals surface area contributed by atoms with Crippen molar-refractivity contribution in [1.29, 1.82) is 5.26 Å². The summed E-state index contributed by atoms with van der Waals surface area (Å²) in [7, 11) is 0. The fourth-order valence-electron chi connectivity index (χ4n) is 2.73. The molecule has 3 rings (SSSR count). The summed E-state index contributed by atoms with van der Waals surface area (Å²) < 4.78 is 0. The van der Waals surface area contributed by atoms with Crippen LogP contribution in [-0.2, 0) is 9.59 Å². The molecule has 2 aromatic rings. The first kappa shape index (κ1) is 15.8. The second kappa shape index (κ2) is 6.55. The van der Waals surface area contributed by atoms with Gasteiger partial charge in [-0.3, -0.25) is 9.59 Å². The van der Waals surface area contributed by atoms with Crippen LogP contribution in [-0.4, -0.2) is 18.4 Å². The van der Waals surface area contributed by atoms with Crippen molar-refractivity contribution in [3.05, 3.63) is 59.7 Å². The lowest BCUT2D eigenvalue weighted by Gasteiger charge is -2.17. The van der Waals surface area contributed by atoms with Crippen LogP contribution in [0.4, 0.5) is 11.4 Å². The maximum absolute atomic E-state index is 12.4. The largest absolute Gasteiger partial charge is 0.326 e. The number of benzene rings is 2. The summed E-state index contributed by atoms with van der Waals surface area (Å²) in [4.78, 5) is 26.3. The first-order valence-electron chi connectivity index (χ1n) is 7.75. The Balaban J connectivity index is 1.67. The number of nitriles is 1. The molecule has 5 heteroatoms. The summed E-state index contributed by atoms with van der Waals surface area (Å²) >= 11 is 0. The second-order valence-corrected chi connectivity index (χ2v) is 5.92. The van der Waals surface area contributed by atoms with Gasteiger partial charge in [-0.1, -0.05) is 17.7 Å². The molecule has 1 aliphatic rings. The van der Waals surface area contributed by atoms with Gasteiger partial charge in [0.1, 0.15) is 0 Å². The third-order valence-electron chi connectivity index (χ3n) is 4.12. The molecule has 1 saturated heterocycles. The van der Waals surface area contributed by atoms with Crippen molar-refractivity contribution < 1.29 is 9.59 Å². The Labute approximate surface area is 140 Å². The van der Waals surface area contributed by atoms with Gasteiger partial charge in [0.15, 0.2) is 0 Å². The number of hydrogen-bond donors (Lipinski definition) is 1. The minimum Gasteiger partial charge on any atom is -0.326 e. The lowest BCUT2D eigenvalue weighted by atomic mass is 10.1. The Morgan fingerprint density at radius 2 is 1.83 bits per heavy atom. The van der Waals surface area contributed by atoms with Crippen LogP contribution >= 0.6 is 0 Å². The maximum atomic E-state index is 12.4. The molecular formula is C19H17N3O2. The third kappa shape index (κ3) is 3.28. The normalized spacial score (nSPS) is 16.8. The predicted octanol–water partition coefficient (Wildman–Crippen LogP) is 2.86. The summed E-state index contributed by atoms with van der Waals surface area (Å²) in [5.41, 5.74) is 3.11. The zero-order chi connectivity index (χ0) is 17.1. The van der Waals surface area contributed by atoms with Crippen molar-refractivity contribution in [3.63, 3.8) is 0 Å². The van der Waals surface area contributed by atoms with Gasteiger partial charge in [0, 0.05) is 24.3 Å². The van der Waals surface area contributed by atoms with E-state index in [9.17, 15) is 9.59 Å². The lowest BCUT2D eigenvalue weighted by Crippen LogP contribution is -2.28. The zero-order valence-corrected chi connectivity index (χ0v) is 13.3. The number of amides is 2. The molecule has 0 aliphatic carbocycles. The van der Waals surface area contributed by atoms with Gasteiger partial charge in [-0.15, -0.1) is 0 Å². The topological polar surface area (TPSA) is 73.2 Å². The van der Waals surface area contributed by atoms with Crippen molar-refractivity contribution in [2.24, 2.45) is 5.92 Å².